The lowest BCUT2D eigenvalue weighted by molar-refractivity contribution is 0.101. The SMILES string of the molecule is COc1cccc(Oc2ccc(C(C)=O)cc2Br)c1. The Hall–Kier alpha value is -1.81. The fourth-order valence-electron chi connectivity index (χ4n) is 1.59. The second kappa shape index (κ2) is 5.89. The molecule has 3 nitrogen and oxygen atoms in total. The van der Waals surface area contributed by atoms with Crippen LogP contribution in [0.1, 0.15) is 17.3 Å². The molecule has 0 bridgehead atoms. The zero-order valence-electron chi connectivity index (χ0n) is 10.6. The van der Waals surface area contributed by atoms with Gasteiger partial charge in [-0.05, 0) is 53.2 Å². The molecule has 98 valence electrons. The average molecular weight is 321 g/mol. The topological polar surface area (TPSA) is 35.5 Å². The van der Waals surface area contributed by atoms with Crippen LogP contribution in [0.4, 0.5) is 0 Å². The lowest BCUT2D eigenvalue weighted by atomic mass is 10.1. The minimum Gasteiger partial charge on any atom is -0.497 e. The standard InChI is InChI=1S/C15H13BrO3/c1-10(17)11-6-7-15(14(16)8-11)19-13-5-3-4-12(9-13)18-2/h3-9H,1-2H3. The second-order valence-electron chi connectivity index (χ2n) is 3.98. The fraction of sp³-hybridized carbons (Fsp3) is 0.133. The molecule has 0 saturated heterocycles. The first-order valence-electron chi connectivity index (χ1n) is 5.72. The minimum atomic E-state index is 0.0219. The van der Waals surface area contributed by atoms with Gasteiger partial charge < -0.3 is 9.47 Å². The summed E-state index contributed by atoms with van der Waals surface area (Å²) in [6.45, 7) is 1.53. The number of hydrogen-bond acceptors (Lipinski definition) is 3. The maximum absolute atomic E-state index is 11.3. The summed E-state index contributed by atoms with van der Waals surface area (Å²) in [5.41, 5.74) is 0.643. The van der Waals surface area contributed by atoms with Crippen LogP contribution in [-0.2, 0) is 0 Å². The molecular formula is C15H13BrO3. The highest BCUT2D eigenvalue weighted by molar-refractivity contribution is 9.10. The van der Waals surface area contributed by atoms with Crippen LogP contribution in [0.5, 0.6) is 17.2 Å². The molecule has 0 saturated carbocycles. The van der Waals surface area contributed by atoms with Crippen LogP contribution in [0.25, 0.3) is 0 Å². The highest BCUT2D eigenvalue weighted by Crippen LogP contribution is 2.31. The number of carbonyl (C=O) groups is 1. The number of methoxy groups -OCH3 is 1. The van der Waals surface area contributed by atoms with Crippen molar-refractivity contribution in [2.75, 3.05) is 7.11 Å². The molecule has 0 aliphatic carbocycles. The van der Waals surface area contributed by atoms with Crippen molar-refractivity contribution in [2.45, 2.75) is 6.92 Å². The maximum atomic E-state index is 11.3. The van der Waals surface area contributed by atoms with E-state index in [2.05, 4.69) is 15.9 Å². The van der Waals surface area contributed by atoms with E-state index >= 15 is 0 Å². The average Bonchev–Trinajstić information content (AvgIpc) is 2.41. The smallest absolute Gasteiger partial charge is 0.159 e. The summed E-state index contributed by atoms with van der Waals surface area (Å²) in [4.78, 5) is 11.3. The second-order valence-corrected chi connectivity index (χ2v) is 4.84. The Kier molecular flexibility index (Phi) is 4.22. The molecule has 2 aromatic carbocycles. The number of rotatable bonds is 4. The van der Waals surface area contributed by atoms with Gasteiger partial charge in [-0.2, -0.15) is 0 Å². The van der Waals surface area contributed by atoms with Gasteiger partial charge in [-0.25, -0.2) is 0 Å². The summed E-state index contributed by atoms with van der Waals surface area (Å²) >= 11 is 3.40. The zero-order chi connectivity index (χ0) is 13.8. The van der Waals surface area contributed by atoms with E-state index in [0.29, 0.717) is 17.1 Å². The first-order chi connectivity index (χ1) is 9.10. The highest BCUT2D eigenvalue weighted by Gasteiger charge is 2.07. The molecular weight excluding hydrogens is 308 g/mol. The Balaban J connectivity index is 2.25. The molecule has 0 unspecified atom stereocenters. The predicted molar refractivity (Wildman–Crippen MR) is 77.2 cm³/mol. The molecule has 0 amide bonds. The molecule has 0 N–H and O–H groups in total. The van der Waals surface area contributed by atoms with Crippen LogP contribution >= 0.6 is 15.9 Å². The Labute approximate surface area is 120 Å². The van der Waals surface area contributed by atoms with Crippen molar-refractivity contribution in [3.8, 4) is 17.2 Å². The molecule has 0 atom stereocenters. The van der Waals surface area contributed by atoms with Crippen LogP contribution in [-0.4, -0.2) is 12.9 Å². The quantitative estimate of drug-likeness (QED) is 0.780. The van der Waals surface area contributed by atoms with Crippen molar-refractivity contribution in [1.82, 2.24) is 0 Å². The van der Waals surface area contributed by atoms with E-state index in [1.165, 1.54) is 6.92 Å². The molecule has 0 fully saturated rings. The fourth-order valence-corrected chi connectivity index (χ4v) is 2.05. The van der Waals surface area contributed by atoms with Gasteiger partial charge in [0.2, 0.25) is 0 Å². The van der Waals surface area contributed by atoms with Crippen LogP contribution in [0.3, 0.4) is 0 Å². The van der Waals surface area contributed by atoms with Gasteiger partial charge >= 0.3 is 0 Å². The normalized spacial score (nSPS) is 10.1. The Morgan fingerprint density at radius 1 is 1.11 bits per heavy atom. The summed E-state index contributed by atoms with van der Waals surface area (Å²) in [5.74, 6) is 2.08. The number of benzene rings is 2. The van der Waals surface area contributed by atoms with E-state index in [1.54, 1.807) is 31.4 Å². The molecule has 0 spiro atoms. The number of ether oxygens (including phenoxy) is 2. The van der Waals surface area contributed by atoms with Crippen LogP contribution in [0.15, 0.2) is 46.9 Å². The van der Waals surface area contributed by atoms with E-state index in [-0.39, 0.29) is 5.78 Å². The summed E-state index contributed by atoms with van der Waals surface area (Å²) in [6.07, 6.45) is 0. The van der Waals surface area contributed by atoms with E-state index in [9.17, 15) is 4.79 Å². The molecule has 0 aliphatic rings. The van der Waals surface area contributed by atoms with Crippen molar-refractivity contribution in [3.63, 3.8) is 0 Å². The van der Waals surface area contributed by atoms with Crippen molar-refractivity contribution in [1.29, 1.82) is 0 Å². The van der Waals surface area contributed by atoms with Gasteiger partial charge in [0.15, 0.2) is 5.78 Å². The Morgan fingerprint density at radius 2 is 1.84 bits per heavy atom. The van der Waals surface area contributed by atoms with E-state index in [0.717, 1.165) is 10.2 Å². The first kappa shape index (κ1) is 13.6. The highest BCUT2D eigenvalue weighted by atomic mass is 79.9. The third-order valence-corrected chi connectivity index (χ3v) is 3.23. The number of carbonyl (C=O) groups excluding carboxylic acids is 1. The summed E-state index contributed by atoms with van der Waals surface area (Å²) in [7, 11) is 1.61. The van der Waals surface area contributed by atoms with Crippen LogP contribution in [0.2, 0.25) is 0 Å². The minimum absolute atomic E-state index is 0.0219. The van der Waals surface area contributed by atoms with Crippen molar-refractivity contribution < 1.29 is 14.3 Å². The molecule has 0 radical (unpaired) electrons. The molecule has 0 aromatic heterocycles. The van der Waals surface area contributed by atoms with Gasteiger partial charge in [-0.3, -0.25) is 4.79 Å². The third-order valence-electron chi connectivity index (χ3n) is 2.61. The number of Topliss-reactive ketones (excluding diaryl/α,β-unsaturated/α-hetero) is 1. The monoisotopic (exact) mass is 320 g/mol. The number of ketones is 1. The predicted octanol–water partition coefficient (Wildman–Crippen LogP) is 4.45. The largest absolute Gasteiger partial charge is 0.497 e. The lowest BCUT2D eigenvalue weighted by Crippen LogP contribution is -1.93. The van der Waals surface area contributed by atoms with Gasteiger partial charge in [-0.15, -0.1) is 0 Å². The first-order valence-corrected chi connectivity index (χ1v) is 6.52. The lowest BCUT2D eigenvalue weighted by Gasteiger charge is -2.09. The van der Waals surface area contributed by atoms with Crippen molar-refractivity contribution >= 4 is 21.7 Å². The zero-order valence-corrected chi connectivity index (χ0v) is 12.2. The third kappa shape index (κ3) is 3.35. The molecule has 4 heteroatoms. The molecule has 0 aliphatic heterocycles. The van der Waals surface area contributed by atoms with Crippen LogP contribution < -0.4 is 9.47 Å². The van der Waals surface area contributed by atoms with Gasteiger partial charge in [-0.1, -0.05) is 6.07 Å². The summed E-state index contributed by atoms with van der Waals surface area (Å²) in [5, 5.41) is 0. The molecule has 2 aromatic rings. The molecule has 0 heterocycles. The van der Waals surface area contributed by atoms with E-state index < -0.39 is 0 Å². The van der Waals surface area contributed by atoms with Gasteiger partial charge in [0, 0.05) is 11.6 Å². The summed E-state index contributed by atoms with van der Waals surface area (Å²) in [6, 6.07) is 12.6. The van der Waals surface area contributed by atoms with Gasteiger partial charge in [0.05, 0.1) is 11.6 Å². The molecule has 19 heavy (non-hydrogen) atoms. The number of halogens is 1. The number of hydrogen-bond donors (Lipinski definition) is 0. The van der Waals surface area contributed by atoms with Crippen molar-refractivity contribution in [3.05, 3.63) is 52.5 Å². The van der Waals surface area contributed by atoms with Gasteiger partial charge in [0.1, 0.15) is 17.2 Å². The Bertz CT molecular complexity index is 608. The van der Waals surface area contributed by atoms with E-state index in [1.807, 2.05) is 18.2 Å². The Morgan fingerprint density at radius 3 is 2.47 bits per heavy atom. The van der Waals surface area contributed by atoms with E-state index in [4.69, 9.17) is 9.47 Å². The summed E-state index contributed by atoms with van der Waals surface area (Å²) < 4.78 is 11.6. The van der Waals surface area contributed by atoms with Crippen molar-refractivity contribution in [2.24, 2.45) is 0 Å². The maximum Gasteiger partial charge on any atom is 0.159 e. The van der Waals surface area contributed by atoms with Crippen LogP contribution in [0, 0.1) is 0 Å². The molecule has 2 rings (SSSR count). The van der Waals surface area contributed by atoms with Gasteiger partial charge in [0.25, 0.3) is 0 Å².